The molecule has 0 aliphatic carbocycles. The Morgan fingerprint density at radius 3 is 2.44 bits per heavy atom. The lowest BCUT2D eigenvalue weighted by Gasteiger charge is -2.27. The third-order valence-corrected chi connectivity index (χ3v) is 6.58. The minimum atomic E-state index is -3.97. The van der Waals surface area contributed by atoms with Gasteiger partial charge in [0.15, 0.2) is 0 Å². The summed E-state index contributed by atoms with van der Waals surface area (Å²) in [7, 11) is -3.97. The second-order valence-electron chi connectivity index (χ2n) is 6.35. The first-order chi connectivity index (χ1) is 12.3. The molecule has 0 radical (unpaired) electrons. The Morgan fingerprint density at radius 2 is 1.93 bits per heavy atom. The molecule has 8 nitrogen and oxygen atoms in total. The Bertz CT molecular complexity index is 943. The van der Waals surface area contributed by atoms with Crippen LogP contribution in [0.5, 0.6) is 0 Å². The van der Waals surface area contributed by atoms with Crippen molar-refractivity contribution in [2.24, 2.45) is 5.14 Å². The molecule has 2 aromatic rings. The van der Waals surface area contributed by atoms with Crippen LogP contribution in [-0.2, 0) is 10.0 Å². The Morgan fingerprint density at radius 1 is 1.30 bits per heavy atom. The van der Waals surface area contributed by atoms with Gasteiger partial charge in [0.05, 0.1) is 21.1 Å². The van der Waals surface area contributed by atoms with E-state index in [1.165, 1.54) is 12.1 Å². The molecule has 0 unspecified atom stereocenters. The minimum absolute atomic E-state index is 0.0412. The molecular weight excluding hydrogens is 526 g/mol. The Hall–Kier alpha value is -0.980. The summed E-state index contributed by atoms with van der Waals surface area (Å²) in [5, 5.41) is 21.3. The van der Waals surface area contributed by atoms with E-state index in [0.29, 0.717) is 16.0 Å². The number of hydrogen-bond acceptors (Lipinski definition) is 7. The van der Waals surface area contributed by atoms with E-state index in [0.717, 1.165) is 0 Å². The highest BCUT2D eigenvalue weighted by atomic mass is 79.9. The predicted octanol–water partition coefficient (Wildman–Crippen LogP) is 3.62. The number of nitrogens with two attached hydrogens (primary N) is 1. The van der Waals surface area contributed by atoms with Crippen molar-refractivity contribution in [1.82, 2.24) is 9.97 Å². The summed E-state index contributed by atoms with van der Waals surface area (Å²) in [5.41, 5.74) is -0.497. The molecular formula is C15H18Br2ClN5O3S. The molecule has 0 saturated carbocycles. The molecule has 148 valence electrons. The molecule has 12 heteroatoms. The van der Waals surface area contributed by atoms with Crippen LogP contribution in [-0.4, -0.2) is 35.1 Å². The number of primary sulfonamides is 1. The van der Waals surface area contributed by atoms with Crippen LogP contribution in [0.2, 0.25) is 5.02 Å². The maximum absolute atomic E-state index is 11.6. The maximum Gasteiger partial charge on any atom is 0.240 e. The van der Waals surface area contributed by atoms with E-state index in [1.54, 1.807) is 20.0 Å². The fourth-order valence-electron chi connectivity index (χ4n) is 1.94. The Labute approximate surface area is 179 Å². The molecule has 0 aliphatic rings. The number of hydrogen-bond donors (Lipinski definition) is 4. The summed E-state index contributed by atoms with van der Waals surface area (Å²) in [6, 6.07) is 2.63. The van der Waals surface area contributed by atoms with E-state index >= 15 is 0 Å². The average molecular weight is 544 g/mol. The van der Waals surface area contributed by atoms with Gasteiger partial charge in [0, 0.05) is 16.4 Å². The SMILES string of the molecule is C[C@@H](Nc1nc(Nc2cc(Cl)c(S(N)(=O)=O)c(Br)c2)ncc1Br)C(C)(C)O. The van der Waals surface area contributed by atoms with Gasteiger partial charge in [-0.05, 0) is 64.8 Å². The first-order valence-corrected chi connectivity index (χ1v) is 11.1. The van der Waals surface area contributed by atoms with Crippen LogP contribution in [0, 0.1) is 0 Å². The van der Waals surface area contributed by atoms with E-state index in [4.69, 9.17) is 16.7 Å². The molecule has 0 spiro atoms. The van der Waals surface area contributed by atoms with Crippen molar-refractivity contribution in [3.05, 3.63) is 32.3 Å². The number of anilines is 3. The van der Waals surface area contributed by atoms with Crippen molar-refractivity contribution in [3.8, 4) is 0 Å². The van der Waals surface area contributed by atoms with Crippen LogP contribution in [0.25, 0.3) is 0 Å². The lowest BCUT2D eigenvalue weighted by molar-refractivity contribution is 0.0647. The average Bonchev–Trinajstić information content (AvgIpc) is 2.47. The summed E-state index contributed by atoms with van der Waals surface area (Å²) in [4.78, 5) is 8.32. The van der Waals surface area contributed by atoms with Gasteiger partial charge in [0.2, 0.25) is 16.0 Å². The fraction of sp³-hybridized carbons (Fsp3) is 0.333. The molecule has 1 aromatic heterocycles. The molecule has 1 atom stereocenters. The summed E-state index contributed by atoms with van der Waals surface area (Å²) in [5.74, 6) is 0.725. The predicted molar refractivity (Wildman–Crippen MR) is 113 cm³/mol. The van der Waals surface area contributed by atoms with Crippen molar-refractivity contribution in [2.45, 2.75) is 37.3 Å². The third-order valence-electron chi connectivity index (χ3n) is 3.70. The molecule has 0 saturated heterocycles. The first-order valence-electron chi connectivity index (χ1n) is 7.59. The van der Waals surface area contributed by atoms with E-state index in [2.05, 4.69) is 52.5 Å². The number of nitrogens with zero attached hydrogens (tertiary/aromatic N) is 2. The molecule has 2 rings (SSSR count). The number of rotatable bonds is 6. The second kappa shape index (κ2) is 8.18. The van der Waals surface area contributed by atoms with Crippen LogP contribution in [0.15, 0.2) is 32.2 Å². The molecule has 1 heterocycles. The number of aromatic nitrogens is 2. The lowest BCUT2D eigenvalue weighted by Crippen LogP contribution is -2.39. The van der Waals surface area contributed by atoms with Crippen molar-refractivity contribution in [2.75, 3.05) is 10.6 Å². The highest BCUT2D eigenvalue weighted by Crippen LogP contribution is 2.33. The maximum atomic E-state index is 11.6. The van der Waals surface area contributed by atoms with Crippen LogP contribution in [0.1, 0.15) is 20.8 Å². The topological polar surface area (TPSA) is 130 Å². The van der Waals surface area contributed by atoms with Crippen molar-refractivity contribution in [3.63, 3.8) is 0 Å². The van der Waals surface area contributed by atoms with Gasteiger partial charge in [-0.15, -0.1) is 0 Å². The number of aliphatic hydroxyl groups is 1. The fourth-order valence-corrected chi connectivity index (χ4v) is 4.70. The Kier molecular flexibility index (Phi) is 6.76. The van der Waals surface area contributed by atoms with Gasteiger partial charge in [0.25, 0.3) is 0 Å². The van der Waals surface area contributed by atoms with E-state index in [-0.39, 0.29) is 26.4 Å². The molecule has 0 bridgehead atoms. The van der Waals surface area contributed by atoms with Gasteiger partial charge in [-0.3, -0.25) is 0 Å². The highest BCUT2D eigenvalue weighted by Gasteiger charge is 2.23. The van der Waals surface area contributed by atoms with E-state index in [9.17, 15) is 13.5 Å². The molecule has 0 fully saturated rings. The van der Waals surface area contributed by atoms with Gasteiger partial charge in [-0.1, -0.05) is 11.6 Å². The summed E-state index contributed by atoms with van der Waals surface area (Å²) in [6.07, 6.45) is 1.55. The number of nitrogens with one attached hydrogen (secondary N) is 2. The van der Waals surface area contributed by atoms with Crippen molar-refractivity contribution in [1.29, 1.82) is 0 Å². The standard InChI is InChI=1S/C15H18Br2ClN5O3S/c1-7(15(2,3)24)21-13-10(17)6-20-14(23-13)22-8-4-9(16)12(11(18)5-8)27(19,25)26/h4-7,24H,1-3H3,(H2,19,25,26)(H2,20,21,22,23)/t7-/m1/s1. The van der Waals surface area contributed by atoms with Crippen molar-refractivity contribution >= 4 is 70.9 Å². The summed E-state index contributed by atoms with van der Waals surface area (Å²) >= 11 is 12.6. The molecule has 1 aromatic carbocycles. The largest absolute Gasteiger partial charge is 0.388 e. The molecule has 27 heavy (non-hydrogen) atoms. The second-order valence-corrected chi connectivity index (χ2v) is 9.96. The zero-order chi connectivity index (χ0) is 20.6. The normalized spacial score (nSPS) is 13.3. The molecule has 0 amide bonds. The number of benzene rings is 1. The zero-order valence-electron chi connectivity index (χ0n) is 14.6. The van der Waals surface area contributed by atoms with Gasteiger partial charge in [-0.25, -0.2) is 18.5 Å². The molecule has 0 aliphatic heterocycles. The monoisotopic (exact) mass is 541 g/mol. The van der Waals surface area contributed by atoms with Crippen molar-refractivity contribution < 1.29 is 13.5 Å². The van der Waals surface area contributed by atoms with Gasteiger partial charge < -0.3 is 15.7 Å². The number of halogens is 3. The van der Waals surface area contributed by atoms with Crippen LogP contribution < -0.4 is 15.8 Å². The first kappa shape index (κ1) is 22.3. The van der Waals surface area contributed by atoms with Gasteiger partial charge >= 0.3 is 0 Å². The van der Waals surface area contributed by atoms with E-state index < -0.39 is 15.6 Å². The van der Waals surface area contributed by atoms with E-state index in [1.807, 2.05) is 6.92 Å². The number of sulfonamides is 1. The summed E-state index contributed by atoms with van der Waals surface area (Å²) < 4.78 is 24.0. The van der Waals surface area contributed by atoms with Crippen LogP contribution in [0.3, 0.4) is 0 Å². The zero-order valence-corrected chi connectivity index (χ0v) is 19.3. The minimum Gasteiger partial charge on any atom is -0.388 e. The Balaban J connectivity index is 2.32. The van der Waals surface area contributed by atoms with Gasteiger partial charge in [0.1, 0.15) is 10.7 Å². The summed E-state index contributed by atoms with van der Waals surface area (Å²) in [6.45, 7) is 5.20. The third kappa shape index (κ3) is 5.75. The van der Waals surface area contributed by atoms with Crippen LogP contribution in [0.4, 0.5) is 17.5 Å². The smallest absolute Gasteiger partial charge is 0.240 e. The molecule has 5 N–H and O–H groups in total. The quantitative estimate of drug-likeness (QED) is 0.438. The lowest BCUT2D eigenvalue weighted by atomic mass is 10.0. The van der Waals surface area contributed by atoms with Gasteiger partial charge in [-0.2, -0.15) is 4.98 Å². The van der Waals surface area contributed by atoms with Crippen LogP contribution >= 0.6 is 43.5 Å². The highest BCUT2D eigenvalue weighted by molar-refractivity contribution is 9.10.